The Bertz CT molecular complexity index is 354. The third-order valence-corrected chi connectivity index (χ3v) is 6.26. The Balaban J connectivity index is 1.37. The lowest BCUT2D eigenvalue weighted by molar-refractivity contribution is -0.940. The molecule has 0 radical (unpaired) electrons. The topological polar surface area (TPSA) is 50.2 Å². The van der Waals surface area contributed by atoms with Crippen LogP contribution in [0.15, 0.2) is 0 Å². The van der Waals surface area contributed by atoms with Gasteiger partial charge in [-0.25, -0.2) is 0 Å². The Morgan fingerprint density at radius 3 is 2.15 bits per heavy atom. The number of quaternary nitrogens is 2. The predicted octanol–water partition coefficient (Wildman–Crippen LogP) is -1.47. The van der Waals surface area contributed by atoms with Crippen LogP contribution in [-0.4, -0.2) is 44.2 Å². The molecular weight excluding hydrogens is 250 g/mol. The predicted molar refractivity (Wildman–Crippen MR) is 76.3 cm³/mol. The molecule has 0 aromatic rings. The van der Waals surface area contributed by atoms with Crippen LogP contribution in [0.4, 0.5) is 0 Å². The van der Waals surface area contributed by atoms with Crippen molar-refractivity contribution in [3.63, 3.8) is 0 Å². The molecular formula is C16H29N3O+2. The molecule has 112 valence electrons. The molecule has 4 aliphatic carbocycles. The van der Waals surface area contributed by atoms with Gasteiger partial charge in [-0.05, 0) is 56.3 Å². The summed E-state index contributed by atoms with van der Waals surface area (Å²) in [6.07, 6.45) is 8.16. The lowest BCUT2D eigenvalue weighted by Crippen LogP contribution is -3.21. The van der Waals surface area contributed by atoms with E-state index in [0.29, 0.717) is 12.5 Å². The number of hydrogen-bond acceptors (Lipinski definition) is 1. The standard InChI is InChI=1S/C16H27N3O/c20-15(11-19-3-1-17-2-4-19)18-16-8-12-5-13(9-16)7-14(6-12)10-16/h12-14,17H,1-11H2,(H,18,20)/p+2. The molecule has 4 nitrogen and oxygen atoms in total. The van der Waals surface area contributed by atoms with Gasteiger partial charge >= 0.3 is 0 Å². The zero-order chi connectivity index (χ0) is 13.6. The van der Waals surface area contributed by atoms with E-state index < -0.39 is 0 Å². The van der Waals surface area contributed by atoms with Crippen molar-refractivity contribution in [2.24, 2.45) is 17.8 Å². The number of rotatable bonds is 3. The van der Waals surface area contributed by atoms with Crippen LogP contribution in [-0.2, 0) is 4.79 Å². The van der Waals surface area contributed by atoms with Crippen molar-refractivity contribution in [2.75, 3.05) is 32.7 Å². The third kappa shape index (κ3) is 2.48. The van der Waals surface area contributed by atoms with Crippen molar-refractivity contribution < 1.29 is 15.0 Å². The maximum absolute atomic E-state index is 12.5. The summed E-state index contributed by atoms with van der Waals surface area (Å²) in [5, 5.41) is 5.86. The van der Waals surface area contributed by atoms with E-state index in [9.17, 15) is 4.79 Å². The largest absolute Gasteiger partial charge is 0.346 e. The first-order valence-corrected chi connectivity index (χ1v) is 8.67. The molecule has 0 atom stereocenters. The van der Waals surface area contributed by atoms with Gasteiger partial charge in [-0.1, -0.05) is 0 Å². The molecule has 1 amide bonds. The van der Waals surface area contributed by atoms with Gasteiger partial charge < -0.3 is 15.5 Å². The van der Waals surface area contributed by atoms with Crippen molar-refractivity contribution in [1.29, 1.82) is 0 Å². The molecule has 0 unspecified atom stereocenters. The minimum Gasteiger partial charge on any atom is -0.346 e. The molecule has 20 heavy (non-hydrogen) atoms. The molecule has 5 aliphatic rings. The molecule has 1 saturated heterocycles. The fourth-order valence-corrected chi connectivity index (χ4v) is 5.89. The number of nitrogens with one attached hydrogen (secondary N) is 2. The van der Waals surface area contributed by atoms with E-state index in [1.54, 1.807) is 0 Å². The average molecular weight is 279 g/mol. The zero-order valence-electron chi connectivity index (χ0n) is 12.5. The highest BCUT2D eigenvalue weighted by Gasteiger charge is 2.51. The Morgan fingerprint density at radius 1 is 1.05 bits per heavy atom. The normalized spacial score (nSPS) is 43.7. The zero-order valence-corrected chi connectivity index (χ0v) is 12.5. The van der Waals surface area contributed by atoms with Crippen LogP contribution >= 0.6 is 0 Å². The molecule has 4 heteroatoms. The summed E-state index contributed by atoms with van der Waals surface area (Å²) in [4.78, 5) is 13.9. The molecule has 1 heterocycles. The first kappa shape index (κ1) is 13.1. The maximum atomic E-state index is 12.5. The van der Waals surface area contributed by atoms with Crippen molar-refractivity contribution in [3.05, 3.63) is 0 Å². The van der Waals surface area contributed by atoms with Gasteiger partial charge in [0, 0.05) is 5.54 Å². The van der Waals surface area contributed by atoms with Crippen molar-refractivity contribution in [3.8, 4) is 0 Å². The molecule has 5 fully saturated rings. The smallest absolute Gasteiger partial charge is 0.275 e. The fourth-order valence-electron chi connectivity index (χ4n) is 5.89. The Kier molecular flexibility index (Phi) is 3.26. The molecule has 0 spiro atoms. The van der Waals surface area contributed by atoms with E-state index in [0.717, 1.165) is 30.8 Å². The Labute approximate surface area is 121 Å². The summed E-state index contributed by atoms with van der Waals surface area (Å²) >= 11 is 0. The highest BCUT2D eigenvalue weighted by molar-refractivity contribution is 5.77. The van der Waals surface area contributed by atoms with Gasteiger partial charge in [0.05, 0.1) is 0 Å². The summed E-state index contributed by atoms with van der Waals surface area (Å²) in [5.41, 5.74) is 0.202. The monoisotopic (exact) mass is 279 g/mol. The summed E-state index contributed by atoms with van der Waals surface area (Å²) in [5.74, 6) is 3.07. The third-order valence-electron chi connectivity index (χ3n) is 6.26. The number of carbonyl (C=O) groups excluding carboxylic acids is 1. The van der Waals surface area contributed by atoms with Gasteiger partial charge in [-0.15, -0.1) is 0 Å². The minimum absolute atomic E-state index is 0.202. The van der Waals surface area contributed by atoms with Crippen LogP contribution in [0, 0.1) is 17.8 Å². The maximum Gasteiger partial charge on any atom is 0.275 e. The van der Waals surface area contributed by atoms with Gasteiger partial charge in [-0.3, -0.25) is 4.79 Å². The van der Waals surface area contributed by atoms with Gasteiger partial charge in [0.2, 0.25) is 0 Å². The Hall–Kier alpha value is -0.610. The second kappa shape index (κ2) is 4.99. The number of piperazine rings is 1. The second-order valence-corrected chi connectivity index (χ2v) is 8.04. The lowest BCUT2D eigenvalue weighted by atomic mass is 9.53. The van der Waals surface area contributed by atoms with E-state index >= 15 is 0 Å². The number of hydrogen-bond donors (Lipinski definition) is 3. The fraction of sp³-hybridized carbons (Fsp3) is 0.938. The number of amides is 1. The van der Waals surface area contributed by atoms with Crippen molar-refractivity contribution in [2.45, 2.75) is 44.1 Å². The van der Waals surface area contributed by atoms with E-state index in [4.69, 9.17) is 0 Å². The lowest BCUT2D eigenvalue weighted by Gasteiger charge is -2.56. The summed E-state index contributed by atoms with van der Waals surface area (Å²) in [6, 6.07) is 0. The average Bonchev–Trinajstić information content (AvgIpc) is 2.37. The first-order chi connectivity index (χ1) is 9.71. The van der Waals surface area contributed by atoms with E-state index in [1.165, 1.54) is 56.5 Å². The van der Waals surface area contributed by atoms with Crippen molar-refractivity contribution >= 4 is 5.91 Å². The van der Waals surface area contributed by atoms with Gasteiger partial charge in [-0.2, -0.15) is 0 Å². The van der Waals surface area contributed by atoms with Gasteiger partial charge in [0.15, 0.2) is 6.54 Å². The van der Waals surface area contributed by atoms with Crippen LogP contribution in [0.3, 0.4) is 0 Å². The molecule has 5 rings (SSSR count). The van der Waals surface area contributed by atoms with Crippen LogP contribution in [0.2, 0.25) is 0 Å². The van der Waals surface area contributed by atoms with Crippen LogP contribution in [0.25, 0.3) is 0 Å². The highest BCUT2D eigenvalue weighted by atomic mass is 16.2. The van der Waals surface area contributed by atoms with Crippen molar-refractivity contribution in [1.82, 2.24) is 5.32 Å². The summed E-state index contributed by atoms with van der Waals surface area (Å²) in [6.45, 7) is 5.36. The molecule has 4 saturated carbocycles. The summed E-state index contributed by atoms with van der Waals surface area (Å²) in [7, 11) is 0. The van der Waals surface area contributed by atoms with Crippen LogP contribution in [0.5, 0.6) is 0 Å². The highest BCUT2D eigenvalue weighted by Crippen LogP contribution is 2.55. The van der Waals surface area contributed by atoms with E-state index in [-0.39, 0.29) is 5.54 Å². The number of nitrogens with two attached hydrogens (primary N) is 1. The molecule has 4 bridgehead atoms. The van der Waals surface area contributed by atoms with E-state index in [1.807, 2.05) is 0 Å². The Morgan fingerprint density at radius 2 is 1.60 bits per heavy atom. The first-order valence-electron chi connectivity index (χ1n) is 8.67. The molecule has 0 aromatic heterocycles. The molecule has 1 aliphatic heterocycles. The van der Waals surface area contributed by atoms with Crippen LogP contribution in [0.1, 0.15) is 38.5 Å². The quantitative estimate of drug-likeness (QED) is 0.581. The van der Waals surface area contributed by atoms with Crippen LogP contribution < -0.4 is 15.5 Å². The SMILES string of the molecule is O=C(C[NH+]1CC[NH2+]CC1)NC12CC3CC(CC(C3)C1)C2. The minimum atomic E-state index is 0.202. The molecule has 0 aromatic carbocycles. The molecule has 4 N–H and O–H groups in total. The summed E-state index contributed by atoms with van der Waals surface area (Å²) < 4.78 is 0. The van der Waals surface area contributed by atoms with Gasteiger partial charge in [0.1, 0.15) is 26.2 Å². The van der Waals surface area contributed by atoms with E-state index in [2.05, 4.69) is 10.6 Å². The second-order valence-electron chi connectivity index (χ2n) is 8.04. The number of carbonyl (C=O) groups is 1. The van der Waals surface area contributed by atoms with Gasteiger partial charge in [0.25, 0.3) is 5.91 Å².